The molecule has 0 fully saturated rings. The molecular formula is C17H12ClF3N2OS. The molecular weight excluding hydrogens is 373 g/mol. The zero-order valence-corrected chi connectivity index (χ0v) is 14.3. The second kappa shape index (κ2) is 7.33. The van der Waals surface area contributed by atoms with Crippen molar-refractivity contribution >= 4 is 28.6 Å². The van der Waals surface area contributed by atoms with E-state index in [0.29, 0.717) is 11.0 Å². The van der Waals surface area contributed by atoms with E-state index in [4.69, 9.17) is 11.6 Å². The molecule has 2 aromatic carbocycles. The Kier molecular flexibility index (Phi) is 5.15. The molecule has 1 N–H and O–H groups in total. The van der Waals surface area contributed by atoms with Gasteiger partial charge in [0, 0.05) is 22.3 Å². The van der Waals surface area contributed by atoms with Gasteiger partial charge < -0.3 is 10.1 Å². The summed E-state index contributed by atoms with van der Waals surface area (Å²) in [5, 5.41) is 3.29. The summed E-state index contributed by atoms with van der Waals surface area (Å²) in [5.41, 5.74) is 2.51. The van der Waals surface area contributed by atoms with Crippen LogP contribution < -0.4 is 10.1 Å². The van der Waals surface area contributed by atoms with E-state index in [2.05, 4.69) is 15.0 Å². The summed E-state index contributed by atoms with van der Waals surface area (Å²) in [5.74, 6) is -0.249. The third-order valence-corrected chi connectivity index (χ3v) is 4.42. The third-order valence-electron chi connectivity index (χ3n) is 3.30. The Morgan fingerprint density at radius 3 is 2.44 bits per heavy atom. The van der Waals surface area contributed by atoms with Crippen LogP contribution in [0, 0.1) is 0 Å². The topological polar surface area (TPSA) is 34.1 Å². The SMILES string of the molecule is FC(F)(F)Oc1ccc(-c2ccccc2NCc2cnc(Cl)s2)cc1. The summed E-state index contributed by atoms with van der Waals surface area (Å²) >= 11 is 7.20. The van der Waals surface area contributed by atoms with Gasteiger partial charge in [0.05, 0.1) is 6.54 Å². The fraction of sp³-hybridized carbons (Fsp3) is 0.118. The molecule has 0 aliphatic rings. The van der Waals surface area contributed by atoms with E-state index in [1.165, 1.54) is 23.5 Å². The van der Waals surface area contributed by atoms with Crippen molar-refractivity contribution in [3.63, 3.8) is 0 Å². The highest BCUT2D eigenvalue weighted by Crippen LogP contribution is 2.31. The predicted molar refractivity (Wildman–Crippen MR) is 93.0 cm³/mol. The molecule has 3 rings (SSSR count). The molecule has 0 bridgehead atoms. The van der Waals surface area contributed by atoms with Crippen molar-refractivity contribution in [3.8, 4) is 16.9 Å². The Balaban J connectivity index is 1.78. The second-order valence-corrected chi connectivity index (χ2v) is 6.75. The number of para-hydroxylation sites is 1. The van der Waals surface area contributed by atoms with Crippen molar-refractivity contribution < 1.29 is 17.9 Å². The number of thiazole rings is 1. The molecule has 3 nitrogen and oxygen atoms in total. The lowest BCUT2D eigenvalue weighted by Crippen LogP contribution is -2.16. The summed E-state index contributed by atoms with van der Waals surface area (Å²) < 4.78 is 41.1. The minimum absolute atomic E-state index is 0.249. The number of hydrogen-bond donors (Lipinski definition) is 1. The lowest BCUT2D eigenvalue weighted by molar-refractivity contribution is -0.274. The molecule has 0 aliphatic heterocycles. The number of benzene rings is 2. The van der Waals surface area contributed by atoms with Gasteiger partial charge in [-0.3, -0.25) is 0 Å². The average Bonchev–Trinajstić information content (AvgIpc) is 2.98. The Labute approximate surface area is 151 Å². The van der Waals surface area contributed by atoms with Crippen molar-refractivity contribution in [1.82, 2.24) is 4.98 Å². The van der Waals surface area contributed by atoms with E-state index in [-0.39, 0.29) is 5.75 Å². The molecule has 0 unspecified atom stereocenters. The molecule has 0 radical (unpaired) electrons. The molecule has 25 heavy (non-hydrogen) atoms. The number of rotatable bonds is 5. The first-order valence-corrected chi connectivity index (χ1v) is 8.39. The molecule has 0 atom stereocenters. The summed E-state index contributed by atoms with van der Waals surface area (Å²) in [4.78, 5) is 4.97. The van der Waals surface area contributed by atoms with Gasteiger partial charge in [0.25, 0.3) is 0 Å². The monoisotopic (exact) mass is 384 g/mol. The Morgan fingerprint density at radius 1 is 1.08 bits per heavy atom. The first-order valence-electron chi connectivity index (χ1n) is 7.20. The maximum atomic E-state index is 12.2. The first kappa shape index (κ1) is 17.6. The standard InChI is InChI=1S/C17H12ClF3N2OS/c18-16-23-10-13(25-16)9-22-15-4-2-1-3-14(15)11-5-7-12(8-6-11)24-17(19,20)21/h1-8,10,22H,9H2. The van der Waals surface area contributed by atoms with Crippen LogP contribution >= 0.6 is 22.9 Å². The molecule has 1 heterocycles. The lowest BCUT2D eigenvalue weighted by atomic mass is 10.0. The largest absolute Gasteiger partial charge is 0.573 e. The highest BCUT2D eigenvalue weighted by molar-refractivity contribution is 7.15. The van der Waals surface area contributed by atoms with E-state index >= 15 is 0 Å². The van der Waals surface area contributed by atoms with Crippen molar-refractivity contribution in [3.05, 3.63) is 64.1 Å². The van der Waals surface area contributed by atoms with E-state index < -0.39 is 6.36 Å². The van der Waals surface area contributed by atoms with Crippen LogP contribution in [-0.4, -0.2) is 11.3 Å². The average molecular weight is 385 g/mol. The fourth-order valence-corrected chi connectivity index (χ4v) is 3.19. The zero-order chi connectivity index (χ0) is 17.9. The molecule has 130 valence electrons. The van der Waals surface area contributed by atoms with Crippen molar-refractivity contribution in [2.24, 2.45) is 0 Å². The summed E-state index contributed by atoms with van der Waals surface area (Å²) in [6, 6.07) is 13.3. The molecule has 0 aliphatic carbocycles. The molecule has 0 saturated carbocycles. The normalized spacial score (nSPS) is 11.4. The highest BCUT2D eigenvalue weighted by atomic mass is 35.5. The van der Waals surface area contributed by atoms with Gasteiger partial charge in [0.1, 0.15) is 5.75 Å². The smallest absolute Gasteiger partial charge is 0.406 e. The van der Waals surface area contributed by atoms with Gasteiger partial charge in [-0.1, -0.05) is 41.9 Å². The van der Waals surface area contributed by atoms with Crippen LogP contribution in [0.15, 0.2) is 54.7 Å². The van der Waals surface area contributed by atoms with Gasteiger partial charge in [-0.15, -0.1) is 24.5 Å². The predicted octanol–water partition coefficient (Wildman–Crippen LogP) is 5.97. The number of ether oxygens (including phenoxy) is 1. The summed E-state index contributed by atoms with van der Waals surface area (Å²) in [7, 11) is 0. The maximum Gasteiger partial charge on any atom is 0.573 e. The molecule has 3 aromatic rings. The minimum Gasteiger partial charge on any atom is -0.406 e. The quantitative estimate of drug-likeness (QED) is 0.588. The van der Waals surface area contributed by atoms with E-state index in [1.807, 2.05) is 24.3 Å². The van der Waals surface area contributed by atoms with Crippen LogP contribution in [0.5, 0.6) is 5.75 Å². The fourth-order valence-electron chi connectivity index (χ4n) is 2.27. The number of halogens is 4. The van der Waals surface area contributed by atoms with Gasteiger partial charge in [0.15, 0.2) is 4.47 Å². The number of nitrogens with zero attached hydrogens (tertiary/aromatic N) is 1. The van der Waals surface area contributed by atoms with Crippen LogP contribution in [0.3, 0.4) is 0 Å². The van der Waals surface area contributed by atoms with E-state index in [0.717, 1.165) is 21.7 Å². The molecule has 1 aromatic heterocycles. The highest BCUT2D eigenvalue weighted by Gasteiger charge is 2.30. The van der Waals surface area contributed by atoms with Gasteiger partial charge in [0.2, 0.25) is 0 Å². The molecule has 0 spiro atoms. The maximum absolute atomic E-state index is 12.2. The molecule has 0 saturated heterocycles. The van der Waals surface area contributed by atoms with Crippen LogP contribution in [0.2, 0.25) is 4.47 Å². The zero-order valence-electron chi connectivity index (χ0n) is 12.7. The van der Waals surface area contributed by atoms with Crippen LogP contribution in [0.4, 0.5) is 18.9 Å². The van der Waals surface area contributed by atoms with Crippen LogP contribution in [0.1, 0.15) is 4.88 Å². The van der Waals surface area contributed by atoms with Crippen molar-refractivity contribution in [2.75, 3.05) is 5.32 Å². The Hall–Kier alpha value is -2.25. The second-order valence-electron chi connectivity index (χ2n) is 5.05. The van der Waals surface area contributed by atoms with Crippen LogP contribution in [0.25, 0.3) is 11.1 Å². The first-order chi connectivity index (χ1) is 11.9. The number of hydrogen-bond acceptors (Lipinski definition) is 4. The summed E-state index contributed by atoms with van der Waals surface area (Å²) in [6.07, 6.45) is -3.00. The van der Waals surface area contributed by atoms with E-state index in [1.54, 1.807) is 18.3 Å². The van der Waals surface area contributed by atoms with Crippen LogP contribution in [-0.2, 0) is 6.54 Å². The van der Waals surface area contributed by atoms with E-state index in [9.17, 15) is 13.2 Å². The van der Waals surface area contributed by atoms with Gasteiger partial charge in [-0.25, -0.2) is 4.98 Å². The third kappa shape index (κ3) is 4.87. The number of aromatic nitrogens is 1. The Bertz CT molecular complexity index is 850. The van der Waals surface area contributed by atoms with Crippen molar-refractivity contribution in [1.29, 1.82) is 0 Å². The van der Waals surface area contributed by atoms with Crippen molar-refractivity contribution in [2.45, 2.75) is 12.9 Å². The minimum atomic E-state index is -4.70. The van der Waals surface area contributed by atoms with Gasteiger partial charge in [-0.05, 0) is 23.8 Å². The van der Waals surface area contributed by atoms with Gasteiger partial charge in [-0.2, -0.15) is 0 Å². The molecule has 8 heteroatoms. The number of nitrogens with one attached hydrogen (secondary N) is 1. The molecule has 0 amide bonds. The van der Waals surface area contributed by atoms with Gasteiger partial charge >= 0.3 is 6.36 Å². The lowest BCUT2D eigenvalue weighted by Gasteiger charge is -2.13. The summed E-state index contributed by atoms with van der Waals surface area (Å²) in [6.45, 7) is 0.552. The number of anilines is 1. The Morgan fingerprint density at radius 2 is 1.80 bits per heavy atom. The number of alkyl halides is 3.